The Morgan fingerprint density at radius 3 is 2.72 bits per heavy atom. The van der Waals surface area contributed by atoms with Crippen LogP contribution in [0.4, 0.5) is 0 Å². The maximum Gasteiger partial charge on any atom is 0.303 e. The molecule has 1 aromatic carbocycles. The molecule has 0 fully saturated rings. The van der Waals surface area contributed by atoms with Gasteiger partial charge in [0, 0.05) is 22.1 Å². The summed E-state index contributed by atoms with van der Waals surface area (Å²) in [5, 5.41) is 11.5. The highest BCUT2D eigenvalue weighted by atomic mass is 127. The second-order valence-electron chi connectivity index (χ2n) is 4.09. The first-order chi connectivity index (χ1) is 8.52. The molecule has 1 amide bonds. The Morgan fingerprint density at radius 2 is 2.17 bits per heavy atom. The largest absolute Gasteiger partial charge is 0.481 e. The van der Waals surface area contributed by atoms with Crippen LogP contribution in [0.15, 0.2) is 24.3 Å². The lowest BCUT2D eigenvalue weighted by molar-refractivity contribution is -0.138. The third-order valence-electron chi connectivity index (χ3n) is 2.68. The van der Waals surface area contributed by atoms with E-state index in [2.05, 4.69) is 27.9 Å². The molecular formula is C13H16INO3. The topological polar surface area (TPSA) is 66.4 Å². The summed E-state index contributed by atoms with van der Waals surface area (Å²) in [5.41, 5.74) is 0.604. The van der Waals surface area contributed by atoms with Crippen molar-refractivity contribution in [2.45, 2.75) is 19.8 Å². The quantitative estimate of drug-likeness (QED) is 0.766. The normalized spacial score (nSPS) is 11.9. The molecule has 1 atom stereocenters. The highest BCUT2D eigenvalue weighted by Gasteiger charge is 2.13. The number of aliphatic carboxylic acids is 1. The summed E-state index contributed by atoms with van der Waals surface area (Å²) in [4.78, 5) is 22.5. The zero-order valence-electron chi connectivity index (χ0n) is 10.1. The number of carbonyl (C=O) groups is 2. The fourth-order valence-corrected chi connectivity index (χ4v) is 2.12. The predicted molar refractivity (Wildman–Crippen MR) is 77.5 cm³/mol. The summed E-state index contributed by atoms with van der Waals surface area (Å²) in [6.07, 6.45) is 0.821. The molecule has 0 saturated carbocycles. The fourth-order valence-electron chi connectivity index (χ4n) is 1.58. The van der Waals surface area contributed by atoms with Crippen LogP contribution in [0.5, 0.6) is 0 Å². The number of carbonyl (C=O) groups excluding carboxylic acids is 1. The lowest BCUT2D eigenvalue weighted by atomic mass is 10.0. The number of carboxylic acid groups (broad SMARTS) is 1. The molecule has 0 bridgehead atoms. The third kappa shape index (κ3) is 5.03. The van der Waals surface area contributed by atoms with E-state index < -0.39 is 5.97 Å². The number of hydrogen-bond acceptors (Lipinski definition) is 2. The van der Waals surface area contributed by atoms with E-state index in [4.69, 9.17) is 5.11 Å². The van der Waals surface area contributed by atoms with E-state index in [-0.39, 0.29) is 18.2 Å². The summed E-state index contributed by atoms with van der Waals surface area (Å²) in [6, 6.07) is 7.28. The summed E-state index contributed by atoms with van der Waals surface area (Å²) >= 11 is 2.15. The Balaban J connectivity index is 2.52. The monoisotopic (exact) mass is 361 g/mol. The van der Waals surface area contributed by atoms with Crippen LogP contribution in [0, 0.1) is 9.49 Å². The lowest BCUT2D eigenvalue weighted by Gasteiger charge is -2.13. The molecule has 0 spiro atoms. The highest BCUT2D eigenvalue weighted by molar-refractivity contribution is 14.1. The molecule has 4 nitrogen and oxygen atoms in total. The van der Waals surface area contributed by atoms with Crippen molar-refractivity contribution >= 4 is 34.5 Å². The first-order valence-electron chi connectivity index (χ1n) is 5.78. The number of halogens is 1. The van der Waals surface area contributed by atoms with Gasteiger partial charge in [0.05, 0.1) is 0 Å². The van der Waals surface area contributed by atoms with Crippen LogP contribution in [-0.2, 0) is 4.79 Å². The second-order valence-corrected chi connectivity index (χ2v) is 5.34. The Morgan fingerprint density at radius 1 is 1.44 bits per heavy atom. The van der Waals surface area contributed by atoms with E-state index in [0.717, 1.165) is 9.99 Å². The summed E-state index contributed by atoms with van der Waals surface area (Å²) in [6.45, 7) is 2.32. The maximum absolute atomic E-state index is 11.8. The van der Waals surface area contributed by atoms with Gasteiger partial charge in [-0.1, -0.05) is 19.4 Å². The van der Waals surface area contributed by atoms with Gasteiger partial charge < -0.3 is 10.4 Å². The molecule has 1 rings (SSSR count). The SMILES string of the molecule is CCC(CNC(=O)c1cccc(I)c1)CC(=O)O. The molecule has 5 heteroatoms. The molecule has 0 saturated heterocycles. The lowest BCUT2D eigenvalue weighted by Crippen LogP contribution is -2.30. The van der Waals surface area contributed by atoms with Crippen molar-refractivity contribution in [3.63, 3.8) is 0 Å². The van der Waals surface area contributed by atoms with Gasteiger partial charge >= 0.3 is 5.97 Å². The van der Waals surface area contributed by atoms with E-state index in [9.17, 15) is 9.59 Å². The van der Waals surface area contributed by atoms with Gasteiger partial charge in [0.25, 0.3) is 5.91 Å². The zero-order chi connectivity index (χ0) is 13.5. The number of carboxylic acids is 1. The first-order valence-corrected chi connectivity index (χ1v) is 6.86. The average Bonchev–Trinajstić information content (AvgIpc) is 2.33. The number of hydrogen-bond donors (Lipinski definition) is 2. The van der Waals surface area contributed by atoms with Crippen LogP contribution in [0.2, 0.25) is 0 Å². The zero-order valence-corrected chi connectivity index (χ0v) is 12.3. The minimum atomic E-state index is -0.828. The number of amides is 1. The van der Waals surface area contributed by atoms with Gasteiger partial charge in [-0.05, 0) is 46.7 Å². The van der Waals surface area contributed by atoms with Crippen molar-refractivity contribution in [1.29, 1.82) is 0 Å². The number of nitrogens with one attached hydrogen (secondary N) is 1. The maximum atomic E-state index is 11.8. The number of benzene rings is 1. The van der Waals surface area contributed by atoms with Gasteiger partial charge in [0.2, 0.25) is 0 Å². The van der Waals surface area contributed by atoms with Crippen molar-refractivity contribution < 1.29 is 14.7 Å². The van der Waals surface area contributed by atoms with Crippen molar-refractivity contribution in [3.8, 4) is 0 Å². The Labute approximate surface area is 120 Å². The number of rotatable bonds is 6. The molecule has 0 aliphatic rings. The standard InChI is InChI=1S/C13H16INO3/c1-2-9(6-12(16)17)8-15-13(18)10-4-3-5-11(14)7-10/h3-5,7,9H,2,6,8H2,1H3,(H,15,18)(H,16,17). The summed E-state index contributed by atoms with van der Waals surface area (Å²) in [7, 11) is 0. The van der Waals surface area contributed by atoms with Crippen LogP contribution in [-0.4, -0.2) is 23.5 Å². The minimum Gasteiger partial charge on any atom is -0.481 e. The minimum absolute atomic E-state index is 0.0192. The predicted octanol–water partition coefficient (Wildman–Crippen LogP) is 2.52. The summed E-state index contributed by atoms with van der Waals surface area (Å²) in [5.74, 6) is -1.00. The van der Waals surface area contributed by atoms with E-state index in [1.54, 1.807) is 12.1 Å². The van der Waals surface area contributed by atoms with Gasteiger partial charge in [-0.25, -0.2) is 0 Å². The van der Waals surface area contributed by atoms with Crippen LogP contribution in [0.1, 0.15) is 30.1 Å². The van der Waals surface area contributed by atoms with Gasteiger partial charge in [0.15, 0.2) is 0 Å². The van der Waals surface area contributed by atoms with E-state index in [0.29, 0.717) is 12.1 Å². The van der Waals surface area contributed by atoms with Gasteiger partial charge in [-0.15, -0.1) is 0 Å². The molecule has 0 radical (unpaired) electrons. The molecule has 1 unspecified atom stereocenters. The van der Waals surface area contributed by atoms with Crippen LogP contribution in [0.25, 0.3) is 0 Å². The molecule has 2 N–H and O–H groups in total. The molecule has 0 aliphatic heterocycles. The van der Waals surface area contributed by atoms with Crippen molar-refractivity contribution in [1.82, 2.24) is 5.32 Å². The fraction of sp³-hybridized carbons (Fsp3) is 0.385. The van der Waals surface area contributed by atoms with Gasteiger partial charge in [-0.3, -0.25) is 9.59 Å². The Kier molecular flexibility index (Phi) is 6.11. The van der Waals surface area contributed by atoms with Crippen molar-refractivity contribution in [2.75, 3.05) is 6.54 Å². The Hall–Kier alpha value is -1.11. The summed E-state index contributed by atoms with van der Waals surface area (Å²) < 4.78 is 0.998. The van der Waals surface area contributed by atoms with Crippen molar-refractivity contribution in [3.05, 3.63) is 33.4 Å². The van der Waals surface area contributed by atoms with E-state index in [1.807, 2.05) is 19.1 Å². The third-order valence-corrected chi connectivity index (χ3v) is 3.35. The highest BCUT2D eigenvalue weighted by Crippen LogP contribution is 2.09. The Bertz CT molecular complexity index is 434. The van der Waals surface area contributed by atoms with Gasteiger partial charge in [0.1, 0.15) is 0 Å². The smallest absolute Gasteiger partial charge is 0.303 e. The first kappa shape index (κ1) is 14.9. The van der Waals surface area contributed by atoms with Crippen molar-refractivity contribution in [2.24, 2.45) is 5.92 Å². The molecule has 0 heterocycles. The molecule has 18 heavy (non-hydrogen) atoms. The second kappa shape index (κ2) is 7.35. The van der Waals surface area contributed by atoms with Crippen LogP contribution >= 0.6 is 22.6 Å². The van der Waals surface area contributed by atoms with Gasteiger partial charge in [-0.2, -0.15) is 0 Å². The van der Waals surface area contributed by atoms with Crippen LogP contribution < -0.4 is 5.32 Å². The van der Waals surface area contributed by atoms with E-state index in [1.165, 1.54) is 0 Å². The molecule has 1 aromatic rings. The van der Waals surface area contributed by atoms with E-state index >= 15 is 0 Å². The average molecular weight is 361 g/mol. The molecule has 98 valence electrons. The molecule has 0 aromatic heterocycles. The molecular weight excluding hydrogens is 345 g/mol. The molecule has 0 aliphatic carbocycles. The van der Waals surface area contributed by atoms with Crippen LogP contribution in [0.3, 0.4) is 0 Å².